The van der Waals surface area contributed by atoms with Gasteiger partial charge < -0.3 is 10.6 Å². The number of fused-ring (bicyclic) bond motifs is 1. The molecule has 2 N–H and O–H groups in total. The molecule has 9 heteroatoms. The number of anilines is 2. The van der Waals surface area contributed by atoms with Crippen LogP contribution in [0.25, 0.3) is 0 Å². The van der Waals surface area contributed by atoms with Crippen molar-refractivity contribution in [3.63, 3.8) is 0 Å². The Morgan fingerprint density at radius 3 is 2.51 bits per heavy atom. The molecule has 1 aliphatic rings. The summed E-state index contributed by atoms with van der Waals surface area (Å²) in [5.41, 5.74) is 6.10. The molecular weight excluding hydrogens is 509 g/mol. The summed E-state index contributed by atoms with van der Waals surface area (Å²) in [5, 5.41) is 12.1. The summed E-state index contributed by atoms with van der Waals surface area (Å²) in [5.74, 6) is 0.590. The van der Waals surface area contributed by atoms with Crippen molar-refractivity contribution < 1.29 is 9.18 Å². The first-order chi connectivity index (χ1) is 17.8. The molecule has 0 bridgehead atoms. The van der Waals surface area contributed by atoms with E-state index in [1.54, 1.807) is 41.1 Å². The summed E-state index contributed by atoms with van der Waals surface area (Å²) in [7, 11) is 0. The van der Waals surface area contributed by atoms with Crippen molar-refractivity contribution in [2.75, 3.05) is 10.6 Å². The van der Waals surface area contributed by atoms with Crippen LogP contribution in [0.3, 0.4) is 0 Å². The van der Waals surface area contributed by atoms with E-state index in [4.69, 9.17) is 21.7 Å². The molecule has 0 unspecified atom stereocenters. The van der Waals surface area contributed by atoms with Crippen LogP contribution in [0.2, 0.25) is 5.02 Å². The van der Waals surface area contributed by atoms with Crippen LogP contribution in [0.1, 0.15) is 35.2 Å². The lowest BCUT2D eigenvalue weighted by atomic mass is 9.95. The van der Waals surface area contributed by atoms with Gasteiger partial charge in [0.25, 0.3) is 5.91 Å². The van der Waals surface area contributed by atoms with E-state index in [0.717, 1.165) is 5.56 Å². The highest BCUT2D eigenvalue weighted by Crippen LogP contribution is 2.37. The van der Waals surface area contributed by atoms with Gasteiger partial charge in [0.2, 0.25) is 11.1 Å². The third-order valence-electron chi connectivity index (χ3n) is 6.22. The number of aryl methyl sites for hydroxylation is 2. The number of hydrogen-bond acceptors (Lipinski definition) is 5. The number of nitrogens with one attached hydrogen (secondary N) is 2. The Balaban J connectivity index is 1.47. The fraction of sp³-hybridized carbons (Fsp3) is 0.179. The maximum absolute atomic E-state index is 13.8. The van der Waals surface area contributed by atoms with Crippen LogP contribution in [0.4, 0.5) is 16.0 Å². The quantitative estimate of drug-likeness (QED) is 0.263. The van der Waals surface area contributed by atoms with E-state index in [1.807, 2.05) is 6.92 Å². The second-order valence-corrected chi connectivity index (χ2v) is 10.3. The molecule has 37 heavy (non-hydrogen) atoms. The molecular formula is C28H25ClFN5OS. The van der Waals surface area contributed by atoms with Gasteiger partial charge in [-0.15, -0.1) is 5.10 Å². The molecule has 5 rings (SSSR count). The van der Waals surface area contributed by atoms with Gasteiger partial charge in [0.05, 0.1) is 5.57 Å². The minimum Gasteiger partial charge on any atom is -0.328 e. The molecule has 1 aromatic heterocycles. The lowest BCUT2D eigenvalue weighted by molar-refractivity contribution is -0.113. The molecule has 2 heterocycles. The predicted molar refractivity (Wildman–Crippen MR) is 146 cm³/mol. The third-order valence-corrected chi connectivity index (χ3v) is 7.36. The summed E-state index contributed by atoms with van der Waals surface area (Å²) in [6, 6.07) is 18.8. The average Bonchev–Trinajstić information content (AvgIpc) is 3.27. The highest BCUT2D eigenvalue weighted by molar-refractivity contribution is 7.98. The maximum atomic E-state index is 13.8. The first-order valence-electron chi connectivity index (χ1n) is 11.7. The lowest BCUT2D eigenvalue weighted by Crippen LogP contribution is -2.31. The molecule has 1 atom stereocenters. The van der Waals surface area contributed by atoms with Crippen LogP contribution >= 0.6 is 23.4 Å². The van der Waals surface area contributed by atoms with Crippen molar-refractivity contribution >= 4 is 40.9 Å². The van der Waals surface area contributed by atoms with E-state index in [9.17, 15) is 9.18 Å². The van der Waals surface area contributed by atoms with Gasteiger partial charge in [-0.3, -0.25) is 4.79 Å². The van der Waals surface area contributed by atoms with Gasteiger partial charge in [-0.25, -0.2) is 9.07 Å². The van der Waals surface area contributed by atoms with Gasteiger partial charge in [-0.05, 0) is 73.9 Å². The normalized spacial score (nSPS) is 14.8. The zero-order chi connectivity index (χ0) is 26.1. The summed E-state index contributed by atoms with van der Waals surface area (Å²) >= 11 is 7.52. The van der Waals surface area contributed by atoms with Gasteiger partial charge in [-0.1, -0.05) is 59.3 Å². The molecule has 3 aromatic carbocycles. The van der Waals surface area contributed by atoms with Gasteiger partial charge in [0.1, 0.15) is 11.9 Å². The highest BCUT2D eigenvalue weighted by Gasteiger charge is 2.34. The Hall–Kier alpha value is -3.62. The number of benzene rings is 3. The number of halogens is 2. The number of allylic oxidation sites excluding steroid dienone is 1. The fourth-order valence-electron chi connectivity index (χ4n) is 4.32. The van der Waals surface area contributed by atoms with Gasteiger partial charge in [0.15, 0.2) is 0 Å². The van der Waals surface area contributed by atoms with Crippen LogP contribution in [-0.2, 0) is 10.5 Å². The molecule has 1 amide bonds. The number of hydrogen-bond donors (Lipinski definition) is 2. The van der Waals surface area contributed by atoms with Crippen LogP contribution in [0.5, 0.6) is 0 Å². The van der Waals surface area contributed by atoms with Crippen LogP contribution in [0.15, 0.2) is 83.2 Å². The van der Waals surface area contributed by atoms with E-state index in [0.29, 0.717) is 38.8 Å². The molecule has 6 nitrogen and oxygen atoms in total. The zero-order valence-electron chi connectivity index (χ0n) is 20.5. The van der Waals surface area contributed by atoms with E-state index < -0.39 is 6.04 Å². The van der Waals surface area contributed by atoms with Crippen molar-refractivity contribution in [3.8, 4) is 0 Å². The second-order valence-electron chi connectivity index (χ2n) is 8.96. The number of rotatable bonds is 6. The summed E-state index contributed by atoms with van der Waals surface area (Å²) in [6.45, 7) is 6.00. The zero-order valence-corrected chi connectivity index (χ0v) is 22.1. The SMILES string of the molecule is CC1=C(C(=O)Nc2ccc(Cl)cc2)[C@@H](c2ccc(F)cc2)n2nc(SCc3ccc(C)cc3C)nc2N1. The molecule has 0 spiro atoms. The smallest absolute Gasteiger partial charge is 0.255 e. The molecule has 188 valence electrons. The second kappa shape index (κ2) is 10.4. The summed E-state index contributed by atoms with van der Waals surface area (Å²) in [6.07, 6.45) is 0. The number of amides is 1. The Bertz CT molecular complexity index is 1500. The number of thioether (sulfide) groups is 1. The molecule has 4 aromatic rings. The third kappa shape index (κ3) is 5.40. The number of aromatic nitrogens is 3. The molecule has 0 saturated carbocycles. The standard InChI is InChI=1S/C28H25ClFN5OS/c1-16-4-5-20(17(2)14-16)15-37-28-33-27-31-18(3)24(26(36)32-23-12-8-21(29)9-13-23)25(35(27)34-28)19-6-10-22(30)11-7-19/h4-14,25H,15H2,1-3H3,(H,32,36)(H,31,33,34)/t25-/m1/s1. The van der Waals surface area contributed by atoms with E-state index in [1.165, 1.54) is 40.6 Å². The number of carbonyl (C=O) groups is 1. The molecule has 0 saturated heterocycles. The lowest BCUT2D eigenvalue weighted by Gasteiger charge is -2.28. The minimum atomic E-state index is -0.591. The summed E-state index contributed by atoms with van der Waals surface area (Å²) in [4.78, 5) is 18.2. The van der Waals surface area contributed by atoms with Crippen LogP contribution in [-0.4, -0.2) is 20.7 Å². The van der Waals surface area contributed by atoms with Crippen molar-refractivity contribution in [1.29, 1.82) is 0 Å². The van der Waals surface area contributed by atoms with Gasteiger partial charge in [-0.2, -0.15) is 4.98 Å². The van der Waals surface area contributed by atoms with Crippen molar-refractivity contribution in [2.45, 2.75) is 37.7 Å². The Morgan fingerprint density at radius 1 is 1.08 bits per heavy atom. The van der Waals surface area contributed by atoms with Gasteiger partial charge >= 0.3 is 0 Å². The fourth-order valence-corrected chi connectivity index (χ4v) is 5.35. The number of carbonyl (C=O) groups excluding carboxylic acids is 1. The van der Waals surface area contributed by atoms with Crippen molar-refractivity contribution in [3.05, 3.63) is 111 Å². The van der Waals surface area contributed by atoms with Gasteiger partial charge in [0, 0.05) is 22.2 Å². The Labute approximate surface area is 224 Å². The molecule has 0 aliphatic carbocycles. The van der Waals surface area contributed by atoms with E-state index >= 15 is 0 Å². The van der Waals surface area contributed by atoms with Crippen LogP contribution < -0.4 is 10.6 Å². The Morgan fingerprint density at radius 2 is 1.81 bits per heavy atom. The summed E-state index contributed by atoms with van der Waals surface area (Å²) < 4.78 is 15.5. The maximum Gasteiger partial charge on any atom is 0.255 e. The molecule has 0 fully saturated rings. The number of nitrogens with zero attached hydrogens (tertiary/aromatic N) is 3. The highest BCUT2D eigenvalue weighted by atomic mass is 35.5. The van der Waals surface area contributed by atoms with Crippen molar-refractivity contribution in [2.24, 2.45) is 0 Å². The van der Waals surface area contributed by atoms with Crippen LogP contribution in [0, 0.1) is 19.7 Å². The predicted octanol–water partition coefficient (Wildman–Crippen LogP) is 6.91. The largest absolute Gasteiger partial charge is 0.328 e. The monoisotopic (exact) mass is 533 g/mol. The molecule has 0 radical (unpaired) electrons. The first kappa shape index (κ1) is 25.0. The van der Waals surface area contributed by atoms with E-state index in [2.05, 4.69) is 42.7 Å². The average molecular weight is 534 g/mol. The topological polar surface area (TPSA) is 71.8 Å². The van der Waals surface area contributed by atoms with E-state index in [-0.39, 0.29) is 11.7 Å². The Kier molecular flexibility index (Phi) is 7.04. The minimum absolute atomic E-state index is 0.299. The molecule has 1 aliphatic heterocycles. The van der Waals surface area contributed by atoms with Crippen molar-refractivity contribution in [1.82, 2.24) is 14.8 Å². The first-order valence-corrected chi connectivity index (χ1v) is 13.1.